The van der Waals surface area contributed by atoms with Crippen molar-refractivity contribution in [2.75, 3.05) is 7.11 Å². The summed E-state index contributed by atoms with van der Waals surface area (Å²) in [5, 5.41) is 0. The second kappa shape index (κ2) is 4.34. The van der Waals surface area contributed by atoms with Crippen molar-refractivity contribution in [1.29, 1.82) is 0 Å². The van der Waals surface area contributed by atoms with Crippen molar-refractivity contribution >= 4 is 5.97 Å². The smallest absolute Gasteiger partial charge is 0.333 e. The first-order valence-electron chi connectivity index (χ1n) is 5.59. The Labute approximate surface area is 101 Å². The molecule has 0 amide bonds. The second-order valence-electron chi connectivity index (χ2n) is 4.29. The quantitative estimate of drug-likeness (QED) is 0.454. The minimum absolute atomic E-state index is 0.103. The molecular weight excluding hydrogens is 216 g/mol. The number of methoxy groups -OCH3 is 1. The molecule has 1 aliphatic rings. The van der Waals surface area contributed by atoms with Crippen LogP contribution in [0, 0.1) is 0 Å². The first kappa shape index (κ1) is 11.9. The van der Waals surface area contributed by atoms with Gasteiger partial charge in [0.15, 0.2) is 0 Å². The van der Waals surface area contributed by atoms with Gasteiger partial charge in [0.2, 0.25) is 0 Å². The molecule has 17 heavy (non-hydrogen) atoms. The van der Waals surface area contributed by atoms with E-state index in [0.29, 0.717) is 12.0 Å². The molecule has 0 radical (unpaired) electrons. The van der Waals surface area contributed by atoms with Crippen LogP contribution in [-0.4, -0.2) is 19.2 Å². The van der Waals surface area contributed by atoms with Crippen molar-refractivity contribution in [1.82, 2.24) is 0 Å². The minimum atomic E-state index is -0.396. The van der Waals surface area contributed by atoms with Crippen molar-refractivity contribution in [3.8, 4) is 0 Å². The summed E-state index contributed by atoms with van der Waals surface area (Å²) in [7, 11) is 1.36. The molecule has 1 saturated heterocycles. The fourth-order valence-electron chi connectivity index (χ4n) is 2.13. The molecule has 0 bridgehead atoms. The van der Waals surface area contributed by atoms with Gasteiger partial charge in [-0.15, -0.1) is 0 Å². The van der Waals surface area contributed by atoms with E-state index in [1.165, 1.54) is 7.11 Å². The van der Waals surface area contributed by atoms with Gasteiger partial charge in [-0.2, -0.15) is 0 Å². The molecule has 2 atom stereocenters. The topological polar surface area (TPSA) is 38.8 Å². The van der Waals surface area contributed by atoms with Crippen molar-refractivity contribution in [2.45, 2.75) is 25.0 Å². The van der Waals surface area contributed by atoms with E-state index >= 15 is 0 Å². The van der Waals surface area contributed by atoms with E-state index in [-0.39, 0.29) is 12.1 Å². The Morgan fingerprint density at radius 1 is 1.47 bits per heavy atom. The molecule has 1 heterocycles. The number of epoxide rings is 1. The molecule has 0 aliphatic carbocycles. The first-order valence-corrected chi connectivity index (χ1v) is 5.59. The number of benzene rings is 1. The van der Waals surface area contributed by atoms with Crippen LogP contribution in [0.2, 0.25) is 0 Å². The zero-order chi connectivity index (χ0) is 12.5. The van der Waals surface area contributed by atoms with Crippen LogP contribution in [0.3, 0.4) is 0 Å². The highest BCUT2D eigenvalue weighted by atomic mass is 16.6. The molecule has 0 spiro atoms. The number of hydrogen-bond donors (Lipinski definition) is 0. The molecule has 2 unspecified atom stereocenters. The summed E-state index contributed by atoms with van der Waals surface area (Å²) in [5.74, 6) is -0.372. The predicted octanol–water partition coefficient (Wildman–Crippen LogP) is 2.42. The van der Waals surface area contributed by atoms with Crippen molar-refractivity contribution in [3.63, 3.8) is 0 Å². The molecule has 1 aliphatic heterocycles. The third kappa shape index (κ3) is 2.11. The van der Waals surface area contributed by atoms with Crippen LogP contribution in [0.15, 0.2) is 42.5 Å². The zero-order valence-electron chi connectivity index (χ0n) is 10.1. The highest BCUT2D eigenvalue weighted by Gasteiger charge is 2.55. The van der Waals surface area contributed by atoms with Crippen LogP contribution < -0.4 is 0 Å². The molecule has 0 saturated carbocycles. The van der Waals surface area contributed by atoms with E-state index in [1.807, 2.05) is 37.3 Å². The normalized spacial score (nSPS) is 26.4. The monoisotopic (exact) mass is 232 g/mol. The van der Waals surface area contributed by atoms with Gasteiger partial charge in [0, 0.05) is 12.0 Å². The number of carbonyl (C=O) groups is 1. The summed E-state index contributed by atoms with van der Waals surface area (Å²) >= 11 is 0. The molecule has 90 valence electrons. The molecule has 0 aromatic heterocycles. The highest BCUT2D eigenvalue weighted by molar-refractivity contribution is 5.87. The summed E-state index contributed by atoms with van der Waals surface area (Å²) in [4.78, 5) is 11.4. The van der Waals surface area contributed by atoms with E-state index in [0.717, 1.165) is 5.56 Å². The number of ether oxygens (including phenoxy) is 2. The SMILES string of the molecule is C=C(CC1(c2ccccc2)OC1C)C(=O)OC. The number of rotatable bonds is 4. The van der Waals surface area contributed by atoms with Crippen LogP contribution in [0.4, 0.5) is 0 Å². The van der Waals surface area contributed by atoms with Crippen LogP contribution in [-0.2, 0) is 19.9 Å². The predicted molar refractivity (Wildman–Crippen MR) is 64.4 cm³/mol. The molecule has 3 nitrogen and oxygen atoms in total. The number of carbonyl (C=O) groups excluding carboxylic acids is 1. The average molecular weight is 232 g/mol. The molecule has 3 heteroatoms. The van der Waals surface area contributed by atoms with Gasteiger partial charge < -0.3 is 9.47 Å². The van der Waals surface area contributed by atoms with Gasteiger partial charge in [0.1, 0.15) is 5.60 Å². The third-order valence-electron chi connectivity index (χ3n) is 3.20. The lowest BCUT2D eigenvalue weighted by molar-refractivity contribution is -0.136. The van der Waals surface area contributed by atoms with Gasteiger partial charge in [-0.1, -0.05) is 36.9 Å². The Bertz CT molecular complexity index is 438. The Morgan fingerprint density at radius 2 is 2.06 bits per heavy atom. The second-order valence-corrected chi connectivity index (χ2v) is 4.29. The van der Waals surface area contributed by atoms with E-state index in [2.05, 4.69) is 11.3 Å². The fraction of sp³-hybridized carbons (Fsp3) is 0.357. The largest absolute Gasteiger partial charge is 0.466 e. The zero-order valence-corrected chi connectivity index (χ0v) is 10.1. The summed E-state index contributed by atoms with van der Waals surface area (Å²) in [6.45, 7) is 5.75. The highest BCUT2D eigenvalue weighted by Crippen LogP contribution is 2.50. The Morgan fingerprint density at radius 3 is 2.53 bits per heavy atom. The fourth-order valence-corrected chi connectivity index (χ4v) is 2.13. The van der Waals surface area contributed by atoms with Crippen molar-refractivity contribution in [3.05, 3.63) is 48.0 Å². The maximum atomic E-state index is 11.4. The maximum absolute atomic E-state index is 11.4. The lowest BCUT2D eigenvalue weighted by atomic mass is 9.89. The van der Waals surface area contributed by atoms with E-state index in [9.17, 15) is 4.79 Å². The summed E-state index contributed by atoms with van der Waals surface area (Å²) in [5.41, 5.74) is 1.13. The van der Waals surface area contributed by atoms with Gasteiger partial charge in [-0.3, -0.25) is 0 Å². The molecule has 2 rings (SSSR count). The Balaban J connectivity index is 2.18. The molecule has 1 fully saturated rings. The van der Waals surface area contributed by atoms with Gasteiger partial charge in [-0.25, -0.2) is 4.79 Å². The first-order chi connectivity index (χ1) is 8.10. The van der Waals surface area contributed by atoms with Crippen LogP contribution in [0.25, 0.3) is 0 Å². The molecule has 0 N–H and O–H groups in total. The van der Waals surface area contributed by atoms with Crippen molar-refractivity contribution in [2.24, 2.45) is 0 Å². The lowest BCUT2D eigenvalue weighted by Gasteiger charge is -2.13. The number of esters is 1. The van der Waals surface area contributed by atoms with Crippen LogP contribution >= 0.6 is 0 Å². The van der Waals surface area contributed by atoms with Crippen LogP contribution in [0.1, 0.15) is 18.9 Å². The van der Waals surface area contributed by atoms with Crippen LogP contribution in [0.5, 0.6) is 0 Å². The molecular formula is C14H16O3. The van der Waals surface area contributed by atoms with Crippen molar-refractivity contribution < 1.29 is 14.3 Å². The van der Waals surface area contributed by atoms with Gasteiger partial charge in [-0.05, 0) is 12.5 Å². The lowest BCUT2D eigenvalue weighted by Crippen LogP contribution is -2.16. The standard InChI is InChI=1S/C14H16O3/c1-10(13(15)16-3)9-14(11(2)17-14)12-7-5-4-6-8-12/h4-8,11H,1,9H2,2-3H3. The summed E-state index contributed by atoms with van der Waals surface area (Å²) in [6, 6.07) is 9.90. The van der Waals surface area contributed by atoms with E-state index in [1.54, 1.807) is 0 Å². The Kier molecular flexibility index (Phi) is 3.03. The van der Waals surface area contributed by atoms with Gasteiger partial charge in [0.05, 0.1) is 13.2 Å². The molecule has 1 aromatic carbocycles. The number of hydrogen-bond acceptors (Lipinski definition) is 3. The average Bonchev–Trinajstić information content (AvgIpc) is 3.01. The van der Waals surface area contributed by atoms with Gasteiger partial charge >= 0.3 is 5.97 Å². The van der Waals surface area contributed by atoms with Gasteiger partial charge in [0.25, 0.3) is 0 Å². The third-order valence-corrected chi connectivity index (χ3v) is 3.20. The van der Waals surface area contributed by atoms with E-state index < -0.39 is 5.60 Å². The minimum Gasteiger partial charge on any atom is -0.466 e. The maximum Gasteiger partial charge on any atom is 0.333 e. The summed E-state index contributed by atoms with van der Waals surface area (Å²) < 4.78 is 10.3. The Hall–Kier alpha value is -1.61. The summed E-state index contributed by atoms with van der Waals surface area (Å²) in [6.07, 6.45) is 0.580. The van der Waals surface area contributed by atoms with E-state index in [4.69, 9.17) is 4.74 Å². The molecule has 1 aromatic rings.